The lowest BCUT2D eigenvalue weighted by Crippen LogP contribution is -2.10. The van der Waals surface area contributed by atoms with Crippen LogP contribution in [0, 0.1) is 11.8 Å². The maximum atomic E-state index is 2.37. The van der Waals surface area contributed by atoms with Crippen LogP contribution in [-0.2, 0) is 0 Å². The van der Waals surface area contributed by atoms with Crippen molar-refractivity contribution < 1.29 is 0 Å². The van der Waals surface area contributed by atoms with Gasteiger partial charge in [-0.25, -0.2) is 0 Å². The summed E-state index contributed by atoms with van der Waals surface area (Å²) in [6.07, 6.45) is 21.7. The summed E-state index contributed by atoms with van der Waals surface area (Å²) in [4.78, 5) is 0. The molecule has 2 atom stereocenters. The minimum atomic E-state index is 1.02. The second kappa shape index (κ2) is 16.4. The molecule has 0 aromatic rings. The van der Waals surface area contributed by atoms with Crippen LogP contribution in [0.15, 0.2) is 0 Å². The predicted molar refractivity (Wildman–Crippen MR) is 98.9 cm³/mol. The Balaban J connectivity index is 3.94. The molecule has 0 aromatic carbocycles. The predicted octanol–water partition coefficient (Wildman–Crippen LogP) is 8.15. The molecule has 0 heteroatoms. The molecule has 0 aliphatic carbocycles. The first-order valence-corrected chi connectivity index (χ1v) is 10.3. The molecule has 2 unspecified atom stereocenters. The molecule has 0 fully saturated rings. The third kappa shape index (κ3) is 13.4. The van der Waals surface area contributed by atoms with Crippen LogP contribution in [-0.4, -0.2) is 0 Å². The molecular weight excluding hydrogens is 252 g/mol. The Kier molecular flexibility index (Phi) is 16.4. The van der Waals surface area contributed by atoms with Gasteiger partial charge in [-0.05, 0) is 18.3 Å². The first kappa shape index (κ1) is 21.0. The summed E-state index contributed by atoms with van der Waals surface area (Å²) in [5.41, 5.74) is 0. The van der Waals surface area contributed by atoms with Gasteiger partial charge >= 0.3 is 0 Å². The monoisotopic (exact) mass is 296 g/mol. The largest absolute Gasteiger partial charge is 0.0654 e. The molecule has 0 spiro atoms. The van der Waals surface area contributed by atoms with Gasteiger partial charge in [-0.1, -0.05) is 118 Å². The summed E-state index contributed by atoms with van der Waals surface area (Å²) in [7, 11) is 0. The maximum Gasteiger partial charge on any atom is -0.0412 e. The van der Waals surface area contributed by atoms with Gasteiger partial charge in [0.2, 0.25) is 0 Å². The SMILES string of the molecule is CCCCCCCCC(CCC)CC(CCC)CCCC. The highest BCUT2D eigenvalue weighted by Crippen LogP contribution is 2.29. The molecule has 0 aromatic heterocycles. The third-order valence-electron chi connectivity index (χ3n) is 4.99. The zero-order chi connectivity index (χ0) is 15.8. The summed E-state index contributed by atoms with van der Waals surface area (Å²) >= 11 is 0. The minimum absolute atomic E-state index is 1.02. The topological polar surface area (TPSA) is 0 Å². The van der Waals surface area contributed by atoms with Crippen molar-refractivity contribution >= 4 is 0 Å². The van der Waals surface area contributed by atoms with Crippen molar-refractivity contribution in [1.82, 2.24) is 0 Å². The Hall–Kier alpha value is 0. The summed E-state index contributed by atoms with van der Waals surface area (Å²) in [5.74, 6) is 2.04. The van der Waals surface area contributed by atoms with Gasteiger partial charge in [0.05, 0.1) is 0 Å². The molecule has 0 amide bonds. The molecule has 0 saturated carbocycles. The van der Waals surface area contributed by atoms with Gasteiger partial charge in [-0.15, -0.1) is 0 Å². The summed E-state index contributed by atoms with van der Waals surface area (Å²) in [6, 6.07) is 0. The quantitative estimate of drug-likeness (QED) is 0.252. The molecule has 128 valence electrons. The van der Waals surface area contributed by atoms with Crippen molar-refractivity contribution in [3.63, 3.8) is 0 Å². The molecule has 0 N–H and O–H groups in total. The fraction of sp³-hybridized carbons (Fsp3) is 1.00. The van der Waals surface area contributed by atoms with Crippen molar-refractivity contribution in [1.29, 1.82) is 0 Å². The van der Waals surface area contributed by atoms with Crippen LogP contribution in [0.2, 0.25) is 0 Å². The second-order valence-electron chi connectivity index (χ2n) is 7.24. The fourth-order valence-electron chi connectivity index (χ4n) is 3.75. The molecule has 0 rings (SSSR count). The van der Waals surface area contributed by atoms with E-state index >= 15 is 0 Å². The van der Waals surface area contributed by atoms with E-state index in [0.29, 0.717) is 0 Å². The smallest absolute Gasteiger partial charge is 0.0412 e. The number of unbranched alkanes of at least 4 members (excludes halogenated alkanes) is 6. The standard InChI is InChI=1S/C21H44/c1-5-9-11-12-13-14-18-21(16-8-4)19-20(15-7-3)17-10-6-2/h20-21H,5-19H2,1-4H3. The van der Waals surface area contributed by atoms with Crippen LogP contribution in [0.4, 0.5) is 0 Å². The molecule has 0 heterocycles. The molecule has 0 saturated heterocycles. The minimum Gasteiger partial charge on any atom is -0.0654 e. The average Bonchev–Trinajstić information content (AvgIpc) is 2.48. The van der Waals surface area contributed by atoms with Crippen LogP contribution in [0.25, 0.3) is 0 Å². The van der Waals surface area contributed by atoms with Crippen LogP contribution in [0.5, 0.6) is 0 Å². The van der Waals surface area contributed by atoms with Gasteiger partial charge in [0, 0.05) is 0 Å². The van der Waals surface area contributed by atoms with E-state index in [4.69, 9.17) is 0 Å². The lowest BCUT2D eigenvalue weighted by Gasteiger charge is -2.23. The van der Waals surface area contributed by atoms with Gasteiger partial charge in [-0.2, -0.15) is 0 Å². The van der Waals surface area contributed by atoms with Crippen molar-refractivity contribution in [2.75, 3.05) is 0 Å². The van der Waals surface area contributed by atoms with E-state index in [0.717, 1.165) is 11.8 Å². The van der Waals surface area contributed by atoms with Crippen molar-refractivity contribution in [2.24, 2.45) is 11.8 Å². The lowest BCUT2D eigenvalue weighted by molar-refractivity contribution is 0.293. The molecule has 0 nitrogen and oxygen atoms in total. The van der Waals surface area contributed by atoms with Crippen molar-refractivity contribution in [3.05, 3.63) is 0 Å². The highest BCUT2D eigenvalue weighted by Gasteiger charge is 2.15. The lowest BCUT2D eigenvalue weighted by atomic mass is 9.83. The van der Waals surface area contributed by atoms with E-state index < -0.39 is 0 Å². The molecule has 0 radical (unpaired) electrons. The first-order valence-electron chi connectivity index (χ1n) is 10.3. The Morgan fingerprint density at radius 2 is 0.905 bits per heavy atom. The molecule has 0 aliphatic rings. The van der Waals surface area contributed by atoms with E-state index in [2.05, 4.69) is 27.7 Å². The van der Waals surface area contributed by atoms with E-state index in [1.54, 1.807) is 0 Å². The van der Waals surface area contributed by atoms with Crippen molar-refractivity contribution in [3.8, 4) is 0 Å². The fourth-order valence-corrected chi connectivity index (χ4v) is 3.75. The van der Waals surface area contributed by atoms with E-state index in [1.807, 2.05) is 0 Å². The zero-order valence-corrected chi connectivity index (χ0v) is 15.8. The van der Waals surface area contributed by atoms with Crippen molar-refractivity contribution in [2.45, 2.75) is 124 Å². The second-order valence-corrected chi connectivity index (χ2v) is 7.24. The zero-order valence-electron chi connectivity index (χ0n) is 15.8. The molecular formula is C21H44. The Bertz CT molecular complexity index is 184. The summed E-state index contributed by atoms with van der Waals surface area (Å²) in [5, 5.41) is 0. The Morgan fingerprint density at radius 3 is 1.43 bits per heavy atom. The Morgan fingerprint density at radius 1 is 0.429 bits per heavy atom. The van der Waals surface area contributed by atoms with Gasteiger partial charge in [0.25, 0.3) is 0 Å². The van der Waals surface area contributed by atoms with Crippen LogP contribution < -0.4 is 0 Å². The van der Waals surface area contributed by atoms with E-state index in [9.17, 15) is 0 Å². The van der Waals surface area contributed by atoms with E-state index in [1.165, 1.54) is 96.3 Å². The Labute approximate surface area is 136 Å². The number of rotatable bonds is 16. The molecule has 0 bridgehead atoms. The summed E-state index contributed by atoms with van der Waals surface area (Å²) in [6.45, 7) is 9.38. The number of hydrogen-bond acceptors (Lipinski definition) is 0. The summed E-state index contributed by atoms with van der Waals surface area (Å²) < 4.78 is 0. The van der Waals surface area contributed by atoms with E-state index in [-0.39, 0.29) is 0 Å². The van der Waals surface area contributed by atoms with Gasteiger partial charge in [0.15, 0.2) is 0 Å². The number of hydrogen-bond donors (Lipinski definition) is 0. The average molecular weight is 297 g/mol. The molecule has 21 heavy (non-hydrogen) atoms. The van der Waals surface area contributed by atoms with Crippen LogP contribution in [0.1, 0.15) is 124 Å². The van der Waals surface area contributed by atoms with Crippen LogP contribution >= 0.6 is 0 Å². The van der Waals surface area contributed by atoms with Crippen LogP contribution in [0.3, 0.4) is 0 Å². The molecule has 0 aliphatic heterocycles. The highest BCUT2D eigenvalue weighted by atomic mass is 14.2. The van der Waals surface area contributed by atoms with Gasteiger partial charge < -0.3 is 0 Å². The maximum absolute atomic E-state index is 2.37. The third-order valence-corrected chi connectivity index (χ3v) is 4.99. The highest BCUT2D eigenvalue weighted by molar-refractivity contribution is 4.67. The van der Waals surface area contributed by atoms with Gasteiger partial charge in [0.1, 0.15) is 0 Å². The van der Waals surface area contributed by atoms with Gasteiger partial charge in [-0.3, -0.25) is 0 Å². The first-order chi connectivity index (χ1) is 10.3. The normalized spacial score (nSPS) is 14.3.